The first-order valence-corrected chi connectivity index (χ1v) is 6.47. The van der Waals surface area contributed by atoms with Crippen LogP contribution in [0.1, 0.15) is 31.1 Å². The van der Waals surface area contributed by atoms with E-state index in [9.17, 15) is 4.39 Å². The van der Waals surface area contributed by atoms with Crippen molar-refractivity contribution in [3.8, 4) is 0 Å². The van der Waals surface area contributed by atoms with Crippen LogP contribution >= 0.6 is 12.4 Å². The standard InChI is InChI=1S/C13H20FN5.ClH/c1-10(2)19-8-12(11(3)17-19)6-15-13-7-16-18(9-13)5-4-14;/h7-10,15H,4-6H2,1-3H3;1H. The Bertz CT molecular complexity index is 535. The van der Waals surface area contributed by atoms with Crippen LogP contribution < -0.4 is 5.32 Å². The molecule has 20 heavy (non-hydrogen) atoms. The number of alkyl halides is 1. The molecule has 0 radical (unpaired) electrons. The Hall–Kier alpha value is -1.56. The van der Waals surface area contributed by atoms with E-state index < -0.39 is 6.67 Å². The SMILES string of the molecule is Cc1nn(C(C)C)cc1CNc1cnn(CCF)c1.Cl. The average molecular weight is 302 g/mol. The lowest BCUT2D eigenvalue weighted by atomic mass is 10.2. The highest BCUT2D eigenvalue weighted by molar-refractivity contribution is 5.85. The van der Waals surface area contributed by atoms with E-state index in [2.05, 4.69) is 35.6 Å². The molecule has 0 aromatic carbocycles. The summed E-state index contributed by atoms with van der Waals surface area (Å²) in [6.45, 7) is 6.80. The topological polar surface area (TPSA) is 47.7 Å². The third-order valence-electron chi connectivity index (χ3n) is 2.98. The molecule has 0 amide bonds. The molecule has 2 heterocycles. The number of anilines is 1. The van der Waals surface area contributed by atoms with Crippen molar-refractivity contribution in [2.45, 2.75) is 39.9 Å². The lowest BCUT2D eigenvalue weighted by Crippen LogP contribution is -2.01. The van der Waals surface area contributed by atoms with Crippen LogP contribution in [0.5, 0.6) is 0 Å². The summed E-state index contributed by atoms with van der Waals surface area (Å²) in [7, 11) is 0. The van der Waals surface area contributed by atoms with E-state index in [0.717, 1.165) is 16.9 Å². The van der Waals surface area contributed by atoms with Crippen LogP contribution in [0.3, 0.4) is 0 Å². The molecule has 0 aliphatic carbocycles. The zero-order valence-electron chi connectivity index (χ0n) is 12.0. The van der Waals surface area contributed by atoms with Gasteiger partial charge in [-0.3, -0.25) is 9.36 Å². The van der Waals surface area contributed by atoms with E-state index in [1.807, 2.05) is 17.8 Å². The molecule has 7 heteroatoms. The van der Waals surface area contributed by atoms with Crippen molar-refractivity contribution < 1.29 is 4.39 Å². The fraction of sp³-hybridized carbons (Fsp3) is 0.538. The maximum atomic E-state index is 12.2. The molecule has 5 nitrogen and oxygen atoms in total. The number of nitrogens with zero attached hydrogens (tertiary/aromatic N) is 4. The first-order chi connectivity index (χ1) is 9.10. The molecule has 0 aliphatic heterocycles. The van der Waals surface area contributed by atoms with Gasteiger partial charge in [0.2, 0.25) is 0 Å². The maximum Gasteiger partial charge on any atom is 0.109 e. The van der Waals surface area contributed by atoms with Gasteiger partial charge < -0.3 is 5.32 Å². The number of nitrogens with one attached hydrogen (secondary N) is 1. The second-order valence-corrected chi connectivity index (χ2v) is 4.85. The smallest absolute Gasteiger partial charge is 0.109 e. The van der Waals surface area contributed by atoms with Crippen molar-refractivity contribution in [1.82, 2.24) is 19.6 Å². The predicted octanol–water partition coefficient (Wildman–Crippen LogP) is 2.97. The van der Waals surface area contributed by atoms with Gasteiger partial charge >= 0.3 is 0 Å². The number of aromatic nitrogens is 4. The minimum Gasteiger partial charge on any atom is -0.378 e. The Kier molecular flexibility index (Phi) is 6.01. The van der Waals surface area contributed by atoms with Gasteiger partial charge in [-0.1, -0.05) is 0 Å². The summed E-state index contributed by atoms with van der Waals surface area (Å²) in [5.41, 5.74) is 3.08. The molecular weight excluding hydrogens is 281 g/mol. The molecule has 2 rings (SSSR count). The third kappa shape index (κ3) is 3.96. The highest BCUT2D eigenvalue weighted by atomic mass is 35.5. The van der Waals surface area contributed by atoms with Gasteiger partial charge in [0.15, 0.2) is 0 Å². The summed E-state index contributed by atoms with van der Waals surface area (Å²) in [6, 6.07) is 0.361. The minimum absolute atomic E-state index is 0. The molecule has 0 saturated carbocycles. The van der Waals surface area contributed by atoms with Crippen LogP contribution in [-0.2, 0) is 13.1 Å². The molecular formula is C13H21ClFN5. The number of halogens is 2. The van der Waals surface area contributed by atoms with E-state index in [1.165, 1.54) is 0 Å². The number of hydrogen-bond acceptors (Lipinski definition) is 3. The van der Waals surface area contributed by atoms with Crippen LogP contribution in [0.15, 0.2) is 18.6 Å². The van der Waals surface area contributed by atoms with Gasteiger partial charge in [-0.15, -0.1) is 12.4 Å². The summed E-state index contributed by atoms with van der Waals surface area (Å²) in [5, 5.41) is 11.8. The molecule has 0 bridgehead atoms. The summed E-state index contributed by atoms with van der Waals surface area (Å²) in [5.74, 6) is 0. The molecule has 0 aliphatic rings. The Morgan fingerprint density at radius 1 is 1.35 bits per heavy atom. The van der Waals surface area contributed by atoms with Crippen LogP contribution in [0.2, 0.25) is 0 Å². The lowest BCUT2D eigenvalue weighted by Gasteiger charge is -2.03. The second kappa shape index (κ2) is 7.28. The van der Waals surface area contributed by atoms with Crippen LogP contribution in [0.4, 0.5) is 10.1 Å². The van der Waals surface area contributed by atoms with E-state index in [-0.39, 0.29) is 12.4 Å². The maximum absolute atomic E-state index is 12.2. The molecule has 1 N–H and O–H groups in total. The van der Waals surface area contributed by atoms with Crippen molar-refractivity contribution in [2.75, 3.05) is 12.0 Å². The fourth-order valence-corrected chi connectivity index (χ4v) is 1.82. The van der Waals surface area contributed by atoms with Crippen LogP contribution in [-0.4, -0.2) is 26.2 Å². The zero-order chi connectivity index (χ0) is 13.8. The summed E-state index contributed by atoms with van der Waals surface area (Å²) in [4.78, 5) is 0. The molecule has 2 aromatic rings. The van der Waals surface area contributed by atoms with E-state index in [4.69, 9.17) is 0 Å². The van der Waals surface area contributed by atoms with Gasteiger partial charge in [0.1, 0.15) is 6.67 Å². The first-order valence-electron chi connectivity index (χ1n) is 6.47. The van der Waals surface area contributed by atoms with Gasteiger partial charge in [-0.25, -0.2) is 4.39 Å². The van der Waals surface area contributed by atoms with E-state index in [1.54, 1.807) is 10.9 Å². The molecule has 0 spiro atoms. The lowest BCUT2D eigenvalue weighted by molar-refractivity contribution is 0.427. The first kappa shape index (κ1) is 16.5. The fourth-order valence-electron chi connectivity index (χ4n) is 1.82. The molecule has 112 valence electrons. The highest BCUT2D eigenvalue weighted by Crippen LogP contribution is 2.13. The van der Waals surface area contributed by atoms with E-state index in [0.29, 0.717) is 19.1 Å². The van der Waals surface area contributed by atoms with E-state index >= 15 is 0 Å². The van der Waals surface area contributed by atoms with Crippen molar-refractivity contribution in [1.29, 1.82) is 0 Å². The van der Waals surface area contributed by atoms with Crippen molar-refractivity contribution in [3.63, 3.8) is 0 Å². The third-order valence-corrected chi connectivity index (χ3v) is 2.98. The van der Waals surface area contributed by atoms with Crippen molar-refractivity contribution >= 4 is 18.1 Å². The normalized spacial score (nSPS) is 10.7. The van der Waals surface area contributed by atoms with Gasteiger partial charge in [0.25, 0.3) is 0 Å². The Balaban J connectivity index is 0.00000200. The van der Waals surface area contributed by atoms with Gasteiger partial charge in [0, 0.05) is 30.5 Å². The summed E-state index contributed by atoms with van der Waals surface area (Å²) < 4.78 is 15.7. The van der Waals surface area contributed by atoms with Crippen molar-refractivity contribution in [3.05, 3.63) is 29.8 Å². The summed E-state index contributed by atoms with van der Waals surface area (Å²) in [6.07, 6.45) is 5.57. The molecule has 0 unspecified atom stereocenters. The van der Waals surface area contributed by atoms with Gasteiger partial charge in [-0.2, -0.15) is 10.2 Å². The zero-order valence-corrected chi connectivity index (χ0v) is 12.8. The number of hydrogen-bond donors (Lipinski definition) is 1. The Morgan fingerprint density at radius 3 is 2.70 bits per heavy atom. The van der Waals surface area contributed by atoms with Crippen LogP contribution in [0, 0.1) is 6.92 Å². The molecule has 0 fully saturated rings. The van der Waals surface area contributed by atoms with Crippen LogP contribution in [0.25, 0.3) is 0 Å². The quantitative estimate of drug-likeness (QED) is 0.892. The second-order valence-electron chi connectivity index (χ2n) is 4.85. The Morgan fingerprint density at radius 2 is 2.10 bits per heavy atom. The van der Waals surface area contributed by atoms with Gasteiger partial charge in [0.05, 0.1) is 24.1 Å². The monoisotopic (exact) mass is 301 g/mol. The largest absolute Gasteiger partial charge is 0.378 e. The van der Waals surface area contributed by atoms with Crippen molar-refractivity contribution in [2.24, 2.45) is 0 Å². The van der Waals surface area contributed by atoms with Gasteiger partial charge in [-0.05, 0) is 20.8 Å². The average Bonchev–Trinajstić information content (AvgIpc) is 2.94. The Labute approximate surface area is 124 Å². The highest BCUT2D eigenvalue weighted by Gasteiger charge is 2.07. The predicted molar refractivity (Wildman–Crippen MR) is 80.1 cm³/mol. The summed E-state index contributed by atoms with van der Waals surface area (Å²) >= 11 is 0. The molecule has 0 atom stereocenters. The number of aryl methyl sites for hydroxylation is 2. The molecule has 2 aromatic heterocycles. The minimum atomic E-state index is -0.401. The molecule has 0 saturated heterocycles. The number of rotatable bonds is 6.